The van der Waals surface area contributed by atoms with Crippen molar-refractivity contribution in [3.05, 3.63) is 103 Å². The molecular weight excluding hydrogens is 288 g/mol. The van der Waals surface area contributed by atoms with Crippen LogP contribution in [0.25, 0.3) is 0 Å². The molecule has 0 spiro atoms. The van der Waals surface area contributed by atoms with Gasteiger partial charge in [-0.05, 0) is 37.8 Å². The Kier molecular flexibility index (Phi) is 4.86. The summed E-state index contributed by atoms with van der Waals surface area (Å²) in [6, 6.07) is 17.7. The molecule has 2 aromatic rings. The summed E-state index contributed by atoms with van der Waals surface area (Å²) < 4.78 is 5.52. The molecule has 1 saturated carbocycles. The smallest absolute Gasteiger partial charge is 0.339 e. The maximum atomic E-state index is 12.7. The van der Waals surface area contributed by atoms with Crippen molar-refractivity contribution in [3.63, 3.8) is 0 Å². The summed E-state index contributed by atoms with van der Waals surface area (Å²) in [4.78, 5) is 25.0. The van der Waals surface area contributed by atoms with Gasteiger partial charge in [-0.2, -0.15) is 0 Å². The molecule has 0 N–H and O–H groups in total. The standard InChI is InChI=1S/C20H15O3/c21-18(15-9-7-8-10-15)19(16-11-3-1-4-12-16)23-20(22)17-13-5-2-6-14-17/h1-14,19H. The van der Waals surface area contributed by atoms with Crippen molar-refractivity contribution in [2.75, 3.05) is 0 Å². The Balaban J connectivity index is 1.83. The van der Waals surface area contributed by atoms with Crippen LogP contribution in [0.5, 0.6) is 0 Å². The first-order valence-corrected chi connectivity index (χ1v) is 7.32. The van der Waals surface area contributed by atoms with Gasteiger partial charge in [0.15, 0.2) is 11.9 Å². The Bertz CT molecular complexity index is 658. The van der Waals surface area contributed by atoms with Crippen LogP contribution in [-0.2, 0) is 9.53 Å². The van der Waals surface area contributed by atoms with Gasteiger partial charge < -0.3 is 4.74 Å². The van der Waals surface area contributed by atoms with Gasteiger partial charge in [0.05, 0.1) is 11.5 Å². The highest BCUT2D eigenvalue weighted by atomic mass is 16.5. The molecular formula is C20H15O3. The normalized spacial score (nSPS) is 16.0. The van der Waals surface area contributed by atoms with Crippen molar-refractivity contribution in [2.45, 2.75) is 6.10 Å². The van der Waals surface area contributed by atoms with Crippen LogP contribution in [0.4, 0.5) is 0 Å². The number of ketones is 1. The highest BCUT2D eigenvalue weighted by Gasteiger charge is 2.34. The van der Waals surface area contributed by atoms with Gasteiger partial charge in [-0.3, -0.25) is 4.79 Å². The first kappa shape index (κ1) is 15.5. The summed E-state index contributed by atoms with van der Waals surface area (Å²) in [7, 11) is 0. The van der Waals surface area contributed by atoms with E-state index in [0.717, 1.165) is 0 Å². The number of hydrogen-bond donors (Lipinski definition) is 0. The summed E-state index contributed by atoms with van der Waals surface area (Å²) in [5.41, 5.74) is 1.08. The fourth-order valence-electron chi connectivity index (χ4n) is 2.34. The first-order valence-electron chi connectivity index (χ1n) is 7.32. The zero-order valence-electron chi connectivity index (χ0n) is 12.4. The third-order valence-electron chi connectivity index (χ3n) is 3.52. The number of Topliss-reactive ketones (excluding diaryl/α,β-unsaturated/α-hetero) is 1. The monoisotopic (exact) mass is 303 g/mol. The summed E-state index contributed by atoms with van der Waals surface area (Å²) in [5.74, 6) is -0.218. The summed E-state index contributed by atoms with van der Waals surface area (Å²) >= 11 is 0. The summed E-state index contributed by atoms with van der Waals surface area (Å²) in [5, 5.41) is 0. The Labute approximate surface area is 136 Å². The van der Waals surface area contributed by atoms with E-state index in [1.54, 1.807) is 62.1 Å². The number of carbonyl (C=O) groups is 2. The molecule has 0 saturated heterocycles. The van der Waals surface area contributed by atoms with Crippen LogP contribution in [-0.4, -0.2) is 11.8 Å². The van der Waals surface area contributed by atoms with E-state index >= 15 is 0 Å². The summed E-state index contributed by atoms with van der Waals surface area (Å²) in [6.07, 6.45) is 6.05. The predicted octanol–water partition coefficient (Wildman–Crippen LogP) is 3.56. The second kappa shape index (κ2) is 7.23. The molecule has 0 amide bonds. The Hall–Kier alpha value is -2.42. The molecule has 1 fully saturated rings. The van der Waals surface area contributed by atoms with Crippen LogP contribution in [0.1, 0.15) is 22.0 Å². The van der Waals surface area contributed by atoms with E-state index in [1.807, 2.05) is 24.3 Å². The SMILES string of the molecule is O=C(OC(C(=O)[C]1[CH][CH][CH][CH]1)c1ccccc1)c1ccccc1. The fraction of sp³-hybridized carbons (Fsp3) is 0.0500. The van der Waals surface area contributed by atoms with Gasteiger partial charge in [-0.25, -0.2) is 4.79 Å². The Morgan fingerprint density at radius 2 is 1.35 bits per heavy atom. The molecule has 3 heteroatoms. The highest BCUT2D eigenvalue weighted by Crippen LogP contribution is 2.31. The minimum atomic E-state index is -0.952. The van der Waals surface area contributed by atoms with E-state index in [0.29, 0.717) is 17.0 Å². The lowest BCUT2D eigenvalue weighted by atomic mass is 9.94. The maximum Gasteiger partial charge on any atom is 0.339 e. The van der Waals surface area contributed by atoms with E-state index in [4.69, 9.17) is 4.74 Å². The number of ether oxygens (including phenoxy) is 1. The molecule has 1 unspecified atom stereocenters. The molecule has 23 heavy (non-hydrogen) atoms. The Morgan fingerprint density at radius 3 is 1.96 bits per heavy atom. The molecule has 5 radical (unpaired) electrons. The van der Waals surface area contributed by atoms with Crippen LogP contribution in [0.3, 0.4) is 0 Å². The predicted molar refractivity (Wildman–Crippen MR) is 86.5 cm³/mol. The molecule has 0 aromatic heterocycles. The third-order valence-corrected chi connectivity index (χ3v) is 3.52. The Morgan fingerprint density at radius 1 is 0.783 bits per heavy atom. The molecule has 0 bridgehead atoms. The molecule has 1 aliphatic carbocycles. The third kappa shape index (κ3) is 3.67. The number of carbonyl (C=O) groups excluding carboxylic acids is 2. The molecule has 1 atom stereocenters. The largest absolute Gasteiger partial charge is 0.446 e. The first-order chi connectivity index (χ1) is 11.3. The highest BCUT2D eigenvalue weighted by molar-refractivity contribution is 6.03. The zero-order chi connectivity index (χ0) is 16.1. The average molecular weight is 303 g/mol. The molecule has 1 aliphatic rings. The maximum absolute atomic E-state index is 12.7. The molecule has 2 aromatic carbocycles. The second-order valence-electron chi connectivity index (χ2n) is 5.10. The van der Waals surface area contributed by atoms with Gasteiger partial charge in [0, 0.05) is 5.56 Å². The van der Waals surface area contributed by atoms with Crippen LogP contribution in [0.15, 0.2) is 60.7 Å². The van der Waals surface area contributed by atoms with Crippen LogP contribution < -0.4 is 0 Å². The average Bonchev–Trinajstić information content (AvgIpc) is 3.15. The molecule has 0 heterocycles. The van der Waals surface area contributed by atoms with Crippen LogP contribution in [0, 0.1) is 31.6 Å². The lowest BCUT2D eigenvalue weighted by molar-refractivity contribution is -0.125. The van der Waals surface area contributed by atoms with E-state index in [2.05, 4.69) is 0 Å². The van der Waals surface area contributed by atoms with Gasteiger partial charge in [0.25, 0.3) is 0 Å². The topological polar surface area (TPSA) is 43.4 Å². The van der Waals surface area contributed by atoms with Crippen molar-refractivity contribution in [1.82, 2.24) is 0 Å². The van der Waals surface area contributed by atoms with Crippen LogP contribution >= 0.6 is 0 Å². The quantitative estimate of drug-likeness (QED) is 0.793. The molecule has 0 aliphatic heterocycles. The van der Waals surface area contributed by atoms with Crippen molar-refractivity contribution in [2.24, 2.45) is 0 Å². The number of hydrogen-bond acceptors (Lipinski definition) is 3. The van der Waals surface area contributed by atoms with Crippen LogP contribution in [0.2, 0.25) is 0 Å². The van der Waals surface area contributed by atoms with Gasteiger partial charge in [0.1, 0.15) is 0 Å². The van der Waals surface area contributed by atoms with Crippen molar-refractivity contribution >= 4 is 11.8 Å². The van der Waals surface area contributed by atoms with Gasteiger partial charge in [-0.15, -0.1) is 0 Å². The molecule has 3 rings (SSSR count). The van der Waals surface area contributed by atoms with E-state index < -0.39 is 12.1 Å². The van der Waals surface area contributed by atoms with Crippen molar-refractivity contribution < 1.29 is 14.3 Å². The van der Waals surface area contributed by atoms with Gasteiger partial charge >= 0.3 is 5.97 Å². The van der Waals surface area contributed by atoms with Crippen molar-refractivity contribution in [3.8, 4) is 0 Å². The fourth-order valence-corrected chi connectivity index (χ4v) is 2.34. The number of rotatable bonds is 5. The van der Waals surface area contributed by atoms with E-state index in [9.17, 15) is 9.59 Å². The number of esters is 1. The van der Waals surface area contributed by atoms with Gasteiger partial charge in [0.2, 0.25) is 0 Å². The summed E-state index contributed by atoms with van der Waals surface area (Å²) in [6.45, 7) is 0. The second-order valence-corrected chi connectivity index (χ2v) is 5.10. The van der Waals surface area contributed by atoms with E-state index in [1.165, 1.54) is 0 Å². The minimum Gasteiger partial charge on any atom is -0.446 e. The lowest BCUT2D eigenvalue weighted by Crippen LogP contribution is -2.24. The zero-order valence-corrected chi connectivity index (χ0v) is 12.4. The van der Waals surface area contributed by atoms with Crippen molar-refractivity contribution in [1.29, 1.82) is 0 Å². The lowest BCUT2D eigenvalue weighted by Gasteiger charge is -2.20. The molecule has 3 nitrogen and oxygen atoms in total. The number of benzene rings is 2. The van der Waals surface area contributed by atoms with E-state index in [-0.39, 0.29) is 5.78 Å². The molecule has 113 valence electrons. The van der Waals surface area contributed by atoms with Gasteiger partial charge in [-0.1, -0.05) is 48.5 Å². The minimum absolute atomic E-state index is 0.231.